The Balaban J connectivity index is 1.46. The van der Waals surface area contributed by atoms with Gasteiger partial charge in [0.1, 0.15) is 0 Å². The second kappa shape index (κ2) is 10.6. The summed E-state index contributed by atoms with van der Waals surface area (Å²) in [6, 6.07) is 50.8. The third-order valence-corrected chi connectivity index (χ3v) is 8.78. The highest BCUT2D eigenvalue weighted by Crippen LogP contribution is 2.38. The van der Waals surface area contributed by atoms with E-state index in [1.165, 1.54) is 0 Å². The largest absolute Gasteiger partial charge is 0.218 e. The second-order valence-electron chi connectivity index (χ2n) is 9.39. The van der Waals surface area contributed by atoms with Crippen molar-refractivity contribution >= 4 is 9.84 Å². The van der Waals surface area contributed by atoms with Gasteiger partial charge in [-0.3, -0.25) is 0 Å². The van der Waals surface area contributed by atoms with Gasteiger partial charge >= 0.3 is 0 Å². The molecular weight excluding hydrogens is 496 g/mol. The number of hydrogen-bond donors (Lipinski definition) is 0. The lowest BCUT2D eigenvalue weighted by Gasteiger charge is -2.15. The Bertz CT molecular complexity index is 1730. The van der Waals surface area contributed by atoms with Crippen molar-refractivity contribution in [3.05, 3.63) is 158 Å². The lowest BCUT2D eigenvalue weighted by molar-refractivity contribution is 0.596. The molecule has 6 rings (SSSR count). The van der Waals surface area contributed by atoms with Crippen LogP contribution >= 0.6 is 0 Å². The summed E-state index contributed by atoms with van der Waals surface area (Å²) in [5.41, 5.74) is 7.34. The smallest absolute Gasteiger partial charge is 0.207 e. The first-order valence-electron chi connectivity index (χ1n) is 12.9. The van der Waals surface area contributed by atoms with Gasteiger partial charge in [0, 0.05) is 11.1 Å². The van der Waals surface area contributed by atoms with Crippen LogP contribution < -0.4 is 0 Å². The van der Waals surface area contributed by atoms with Crippen molar-refractivity contribution in [3.63, 3.8) is 0 Å². The molecule has 0 radical (unpaired) electrons. The molecule has 3 heteroatoms. The molecule has 0 aliphatic carbocycles. The zero-order valence-corrected chi connectivity index (χ0v) is 22.1. The Morgan fingerprint density at radius 1 is 0.308 bits per heavy atom. The molecule has 0 bridgehead atoms. The summed E-state index contributed by atoms with van der Waals surface area (Å²) in [5.74, 6) is 0. The fourth-order valence-electron chi connectivity index (χ4n) is 4.99. The van der Waals surface area contributed by atoms with Crippen LogP contribution in [-0.4, -0.2) is 8.42 Å². The van der Waals surface area contributed by atoms with Crippen LogP contribution in [0.1, 0.15) is 0 Å². The van der Waals surface area contributed by atoms with Crippen molar-refractivity contribution in [1.82, 2.24) is 0 Å². The highest BCUT2D eigenvalue weighted by Gasteiger charge is 2.25. The van der Waals surface area contributed by atoms with Crippen LogP contribution in [0.5, 0.6) is 0 Å². The van der Waals surface area contributed by atoms with Crippen LogP contribution in [0, 0.1) is 0 Å². The summed E-state index contributed by atoms with van der Waals surface area (Å²) in [6.45, 7) is 0. The third-order valence-electron chi connectivity index (χ3n) is 6.91. The van der Waals surface area contributed by atoms with Crippen molar-refractivity contribution in [2.75, 3.05) is 0 Å². The maximum atomic E-state index is 14.3. The first-order valence-corrected chi connectivity index (χ1v) is 14.3. The number of benzene rings is 6. The molecule has 0 aliphatic heterocycles. The fraction of sp³-hybridized carbons (Fsp3) is 0. The maximum absolute atomic E-state index is 14.3. The van der Waals surface area contributed by atoms with Crippen molar-refractivity contribution in [2.24, 2.45) is 0 Å². The molecule has 0 atom stereocenters. The van der Waals surface area contributed by atoms with Crippen LogP contribution in [-0.2, 0) is 9.84 Å². The van der Waals surface area contributed by atoms with E-state index in [2.05, 4.69) is 36.4 Å². The minimum Gasteiger partial charge on any atom is -0.218 e. The molecular formula is C36H26O2S. The van der Waals surface area contributed by atoms with Gasteiger partial charge in [0.2, 0.25) is 9.84 Å². The predicted octanol–water partition coefficient (Wildman–Crippen LogP) is 9.19. The van der Waals surface area contributed by atoms with Gasteiger partial charge in [0.25, 0.3) is 0 Å². The molecule has 0 aliphatic rings. The van der Waals surface area contributed by atoms with Gasteiger partial charge in [0.05, 0.1) is 9.79 Å². The Morgan fingerprint density at radius 3 is 1.08 bits per heavy atom. The molecule has 2 nitrogen and oxygen atoms in total. The lowest BCUT2D eigenvalue weighted by atomic mass is 9.99. The molecule has 6 aromatic rings. The van der Waals surface area contributed by atoms with Crippen LogP contribution in [0.15, 0.2) is 168 Å². The molecule has 0 saturated heterocycles. The lowest BCUT2D eigenvalue weighted by Crippen LogP contribution is -2.06. The van der Waals surface area contributed by atoms with Crippen LogP contribution in [0.4, 0.5) is 0 Å². The molecule has 0 spiro atoms. The van der Waals surface area contributed by atoms with Gasteiger partial charge in [-0.1, -0.05) is 133 Å². The molecule has 0 heterocycles. The minimum absolute atomic E-state index is 0.293. The summed E-state index contributed by atoms with van der Waals surface area (Å²) in [6.07, 6.45) is 0. The maximum Gasteiger partial charge on any atom is 0.207 e. The van der Waals surface area contributed by atoms with E-state index < -0.39 is 9.84 Å². The van der Waals surface area contributed by atoms with Crippen LogP contribution in [0.3, 0.4) is 0 Å². The molecule has 0 N–H and O–H groups in total. The van der Waals surface area contributed by atoms with Gasteiger partial charge in [-0.2, -0.15) is 0 Å². The topological polar surface area (TPSA) is 34.1 Å². The van der Waals surface area contributed by atoms with Gasteiger partial charge < -0.3 is 0 Å². The first-order chi connectivity index (χ1) is 19.1. The predicted molar refractivity (Wildman–Crippen MR) is 160 cm³/mol. The van der Waals surface area contributed by atoms with E-state index >= 15 is 0 Å². The highest BCUT2D eigenvalue weighted by molar-refractivity contribution is 7.91. The van der Waals surface area contributed by atoms with E-state index in [9.17, 15) is 8.42 Å². The minimum atomic E-state index is -3.85. The zero-order valence-electron chi connectivity index (χ0n) is 21.2. The second-order valence-corrected chi connectivity index (χ2v) is 11.3. The van der Waals surface area contributed by atoms with Gasteiger partial charge in [-0.15, -0.1) is 0 Å². The monoisotopic (exact) mass is 522 g/mol. The number of sulfone groups is 1. The normalized spacial score (nSPS) is 11.3. The highest BCUT2D eigenvalue weighted by atomic mass is 32.2. The summed E-state index contributed by atoms with van der Waals surface area (Å²) >= 11 is 0. The summed E-state index contributed by atoms with van der Waals surface area (Å²) in [7, 11) is -3.85. The zero-order chi connectivity index (χ0) is 26.7. The molecule has 39 heavy (non-hydrogen) atoms. The van der Waals surface area contributed by atoms with E-state index in [1.807, 2.05) is 97.1 Å². The van der Waals surface area contributed by atoms with Gasteiger partial charge in [-0.25, -0.2) is 8.42 Å². The van der Waals surface area contributed by atoms with E-state index in [0.717, 1.165) is 33.4 Å². The number of hydrogen-bond acceptors (Lipinski definition) is 2. The summed E-state index contributed by atoms with van der Waals surface area (Å²) in [5, 5.41) is 0. The van der Waals surface area contributed by atoms with E-state index in [-0.39, 0.29) is 0 Å². The Labute approximate surface area is 229 Å². The van der Waals surface area contributed by atoms with Crippen molar-refractivity contribution in [2.45, 2.75) is 9.79 Å². The van der Waals surface area contributed by atoms with E-state index in [1.54, 1.807) is 24.3 Å². The first kappa shape index (κ1) is 24.6. The molecule has 0 saturated carbocycles. The van der Waals surface area contributed by atoms with Gasteiger partial charge in [0.15, 0.2) is 0 Å². The molecule has 188 valence electrons. The summed E-state index contributed by atoms with van der Waals surface area (Å²) in [4.78, 5) is 0.587. The third kappa shape index (κ3) is 4.93. The van der Waals surface area contributed by atoms with Crippen molar-refractivity contribution in [1.29, 1.82) is 0 Å². The van der Waals surface area contributed by atoms with Gasteiger partial charge in [-0.05, 0) is 57.6 Å². The molecule has 0 unspecified atom stereocenters. The van der Waals surface area contributed by atoms with Crippen LogP contribution in [0.2, 0.25) is 0 Å². The average molecular weight is 523 g/mol. The quantitative estimate of drug-likeness (QED) is 0.218. The SMILES string of the molecule is O=S(=O)(c1ccccc1-c1cccc(-c2ccccc2)c1)c1ccccc1-c1cccc(-c2ccccc2)c1. The summed E-state index contributed by atoms with van der Waals surface area (Å²) < 4.78 is 28.7. The molecule has 6 aromatic carbocycles. The standard InChI is InChI=1S/C36H26O2S/c37-39(38,35-23-9-7-21-33(35)31-19-11-17-29(25-31)27-13-3-1-4-14-27)36-24-10-8-22-34(36)32-20-12-18-30(26-32)28-15-5-2-6-16-28/h1-26H. The van der Waals surface area contributed by atoms with Crippen molar-refractivity contribution < 1.29 is 8.42 Å². The fourth-order valence-corrected chi connectivity index (χ4v) is 6.69. The Morgan fingerprint density at radius 2 is 0.641 bits per heavy atom. The van der Waals surface area contributed by atoms with E-state index in [4.69, 9.17) is 0 Å². The van der Waals surface area contributed by atoms with E-state index in [0.29, 0.717) is 20.9 Å². The Kier molecular flexibility index (Phi) is 6.66. The Hall–Kier alpha value is -4.73. The van der Waals surface area contributed by atoms with Crippen LogP contribution in [0.25, 0.3) is 44.5 Å². The van der Waals surface area contributed by atoms with Crippen molar-refractivity contribution in [3.8, 4) is 44.5 Å². The average Bonchev–Trinajstić information content (AvgIpc) is 3.02. The molecule has 0 amide bonds. The molecule has 0 fully saturated rings. The molecule has 0 aromatic heterocycles. The number of rotatable bonds is 6.